The van der Waals surface area contributed by atoms with Crippen molar-refractivity contribution in [2.24, 2.45) is 0 Å². The van der Waals surface area contributed by atoms with Gasteiger partial charge in [-0.05, 0) is 73.7 Å². The highest BCUT2D eigenvalue weighted by Crippen LogP contribution is 2.49. The van der Waals surface area contributed by atoms with Crippen molar-refractivity contribution < 1.29 is 18.7 Å². The number of carbonyl (C=O) groups excluding carboxylic acids is 1. The van der Waals surface area contributed by atoms with Crippen LogP contribution in [0.3, 0.4) is 0 Å². The number of rotatable bonds is 3. The average molecular weight is 449 g/mol. The van der Waals surface area contributed by atoms with E-state index in [0.29, 0.717) is 34.3 Å². The van der Waals surface area contributed by atoms with Gasteiger partial charge in [-0.1, -0.05) is 18.2 Å². The van der Waals surface area contributed by atoms with Crippen LogP contribution >= 0.6 is 12.2 Å². The van der Waals surface area contributed by atoms with E-state index >= 15 is 0 Å². The second-order valence-electron chi connectivity index (χ2n) is 8.03. The molecule has 0 aromatic heterocycles. The molecule has 32 heavy (non-hydrogen) atoms. The minimum atomic E-state index is -0.829. The molecule has 0 saturated carbocycles. The summed E-state index contributed by atoms with van der Waals surface area (Å²) in [6, 6.07) is 20.4. The summed E-state index contributed by atoms with van der Waals surface area (Å²) in [5, 5.41) is 0.311. The molecule has 5 rings (SSSR count). The van der Waals surface area contributed by atoms with Crippen LogP contribution in [0.1, 0.15) is 35.3 Å². The number of halogens is 1. The van der Waals surface area contributed by atoms with Crippen molar-refractivity contribution in [3.63, 3.8) is 0 Å². The van der Waals surface area contributed by atoms with Crippen molar-refractivity contribution in [1.29, 1.82) is 0 Å². The van der Waals surface area contributed by atoms with Gasteiger partial charge < -0.3 is 9.47 Å². The zero-order chi connectivity index (χ0) is 22.5. The van der Waals surface area contributed by atoms with E-state index in [1.807, 2.05) is 31.2 Å². The molecular weight excluding hydrogens is 427 g/mol. The van der Waals surface area contributed by atoms with E-state index in [4.69, 9.17) is 21.7 Å². The van der Waals surface area contributed by atoms with Crippen LogP contribution in [0.5, 0.6) is 11.5 Å². The molecule has 7 heteroatoms. The normalized spacial score (nSPS) is 21.6. The van der Waals surface area contributed by atoms with Crippen LogP contribution in [0.2, 0.25) is 0 Å². The molecule has 2 heterocycles. The van der Waals surface area contributed by atoms with Gasteiger partial charge in [-0.2, -0.15) is 0 Å². The molecule has 0 spiro atoms. The molecule has 2 bridgehead atoms. The first-order valence-corrected chi connectivity index (χ1v) is 10.7. The van der Waals surface area contributed by atoms with Gasteiger partial charge in [-0.25, -0.2) is 4.39 Å². The lowest BCUT2D eigenvalue weighted by molar-refractivity contribution is 0.0184. The molecule has 2 aliphatic heterocycles. The smallest absolute Gasteiger partial charge is 0.260 e. The minimum Gasteiger partial charge on any atom is -0.497 e. The molecule has 1 saturated heterocycles. The van der Waals surface area contributed by atoms with Gasteiger partial charge in [0.05, 0.1) is 13.2 Å². The molecule has 2 atom stereocenters. The monoisotopic (exact) mass is 448 g/mol. The van der Waals surface area contributed by atoms with Crippen LogP contribution in [0, 0.1) is 5.82 Å². The minimum absolute atomic E-state index is 0.214. The summed E-state index contributed by atoms with van der Waals surface area (Å²) in [6.45, 7) is 1.95. The number of para-hydroxylation sites is 1. The van der Waals surface area contributed by atoms with Crippen molar-refractivity contribution in [3.8, 4) is 11.5 Å². The number of carbonyl (C=O) groups is 1. The Morgan fingerprint density at radius 2 is 1.78 bits per heavy atom. The average Bonchev–Trinajstić information content (AvgIpc) is 2.80. The molecule has 1 amide bonds. The third kappa shape index (κ3) is 3.20. The Morgan fingerprint density at radius 1 is 1.09 bits per heavy atom. The third-order valence-electron chi connectivity index (χ3n) is 6.00. The maximum absolute atomic E-state index is 13.7. The van der Waals surface area contributed by atoms with Gasteiger partial charge in [0.2, 0.25) is 0 Å². The van der Waals surface area contributed by atoms with E-state index in [1.165, 1.54) is 12.1 Å². The summed E-state index contributed by atoms with van der Waals surface area (Å²) in [5.41, 5.74) is 1.24. The van der Waals surface area contributed by atoms with Crippen LogP contribution in [0.15, 0.2) is 72.8 Å². The van der Waals surface area contributed by atoms with E-state index in [-0.39, 0.29) is 17.8 Å². The van der Waals surface area contributed by atoms with E-state index < -0.39 is 5.72 Å². The topological polar surface area (TPSA) is 42.0 Å². The summed E-state index contributed by atoms with van der Waals surface area (Å²) in [6.07, 6.45) is 0.503. The molecule has 0 N–H and O–H groups in total. The van der Waals surface area contributed by atoms with E-state index in [9.17, 15) is 9.18 Å². The Hall–Kier alpha value is -3.45. The van der Waals surface area contributed by atoms with Crippen molar-refractivity contribution >= 4 is 28.9 Å². The molecule has 2 aliphatic rings. The Morgan fingerprint density at radius 3 is 2.47 bits per heavy atom. The number of fused-ring (bicyclic) bond motifs is 4. The van der Waals surface area contributed by atoms with Crippen LogP contribution in [0.4, 0.5) is 10.1 Å². The van der Waals surface area contributed by atoms with E-state index in [0.717, 1.165) is 5.56 Å². The van der Waals surface area contributed by atoms with Gasteiger partial charge >= 0.3 is 0 Å². The fourth-order valence-corrected chi connectivity index (χ4v) is 4.99. The molecule has 1 fully saturated rings. The first kappa shape index (κ1) is 20.5. The zero-order valence-corrected chi connectivity index (χ0v) is 18.4. The van der Waals surface area contributed by atoms with Gasteiger partial charge in [0.15, 0.2) is 10.8 Å². The van der Waals surface area contributed by atoms with Gasteiger partial charge in [0.1, 0.15) is 17.3 Å². The number of anilines is 1. The maximum atomic E-state index is 13.7. The Kier molecular flexibility index (Phi) is 4.86. The van der Waals surface area contributed by atoms with Crippen LogP contribution in [-0.4, -0.2) is 28.8 Å². The third-order valence-corrected chi connectivity index (χ3v) is 6.38. The summed E-state index contributed by atoms with van der Waals surface area (Å²) in [4.78, 5) is 17.2. The highest BCUT2D eigenvalue weighted by molar-refractivity contribution is 7.80. The van der Waals surface area contributed by atoms with E-state index in [2.05, 4.69) is 0 Å². The van der Waals surface area contributed by atoms with Crippen LogP contribution < -0.4 is 14.4 Å². The van der Waals surface area contributed by atoms with Crippen LogP contribution in [0.25, 0.3) is 0 Å². The predicted octanol–water partition coefficient (Wildman–Crippen LogP) is 5.32. The molecule has 5 nitrogen and oxygen atoms in total. The van der Waals surface area contributed by atoms with Gasteiger partial charge in [-0.3, -0.25) is 14.6 Å². The first-order chi connectivity index (χ1) is 15.4. The fourth-order valence-electron chi connectivity index (χ4n) is 4.48. The highest BCUT2D eigenvalue weighted by Gasteiger charge is 2.53. The Bertz CT molecular complexity index is 1200. The lowest BCUT2D eigenvalue weighted by Gasteiger charge is -2.55. The Balaban J connectivity index is 1.64. The molecule has 3 aromatic carbocycles. The van der Waals surface area contributed by atoms with Crippen LogP contribution in [-0.2, 0) is 0 Å². The highest BCUT2D eigenvalue weighted by atomic mass is 32.1. The number of hydrogen-bond acceptors (Lipinski definition) is 4. The number of ether oxygens (including phenoxy) is 2. The number of benzene rings is 3. The van der Waals surface area contributed by atoms with E-state index in [1.54, 1.807) is 53.3 Å². The molecule has 3 aromatic rings. The molecule has 0 unspecified atom stereocenters. The maximum Gasteiger partial charge on any atom is 0.260 e. The molecular formula is C25H21FN2O3S. The van der Waals surface area contributed by atoms with Crippen molar-refractivity contribution in [1.82, 2.24) is 4.90 Å². The van der Waals surface area contributed by atoms with Gasteiger partial charge in [0, 0.05) is 23.2 Å². The van der Waals surface area contributed by atoms with Gasteiger partial charge in [-0.15, -0.1) is 0 Å². The number of amides is 1. The number of hydrogen-bond donors (Lipinski definition) is 0. The zero-order valence-electron chi connectivity index (χ0n) is 17.6. The van der Waals surface area contributed by atoms with Crippen molar-refractivity contribution in [2.45, 2.75) is 25.1 Å². The second kappa shape index (κ2) is 7.60. The van der Waals surface area contributed by atoms with Crippen molar-refractivity contribution in [3.05, 3.63) is 89.7 Å². The lowest BCUT2D eigenvalue weighted by atomic mass is 9.88. The number of nitrogens with zero attached hydrogens (tertiary/aromatic N) is 2. The standard InChI is InChI=1S/C25H21FN2O3S/c1-25-15-21(20-5-3-4-6-22(20)31-25)27(23(29)16-7-13-19(30-2)14-8-16)24(32)28(25)18-11-9-17(26)10-12-18/h3-14,21H,15H2,1-2H3/t21-,25-/m0/s1. The summed E-state index contributed by atoms with van der Waals surface area (Å²) < 4.78 is 25.3. The SMILES string of the molecule is COc1ccc(C(=O)N2C(=S)N(c3ccc(F)cc3)[C@]3(C)C[C@H]2c2ccccc2O3)cc1. The summed E-state index contributed by atoms with van der Waals surface area (Å²) >= 11 is 5.88. The summed E-state index contributed by atoms with van der Waals surface area (Å²) in [7, 11) is 1.58. The predicted molar refractivity (Wildman–Crippen MR) is 123 cm³/mol. The Labute approximate surface area is 191 Å². The van der Waals surface area contributed by atoms with Gasteiger partial charge in [0.25, 0.3) is 5.91 Å². The largest absolute Gasteiger partial charge is 0.497 e. The number of thiocarbonyl (C=S) groups is 1. The second-order valence-corrected chi connectivity index (χ2v) is 8.40. The first-order valence-electron chi connectivity index (χ1n) is 10.3. The molecule has 0 aliphatic carbocycles. The fraction of sp³-hybridized carbons (Fsp3) is 0.200. The molecule has 162 valence electrons. The van der Waals surface area contributed by atoms with Crippen molar-refractivity contribution in [2.75, 3.05) is 12.0 Å². The lowest BCUT2D eigenvalue weighted by Crippen LogP contribution is -2.67. The molecule has 0 radical (unpaired) electrons. The quantitative estimate of drug-likeness (QED) is 0.507. The summed E-state index contributed by atoms with van der Waals surface area (Å²) in [5.74, 6) is 0.808. The number of methoxy groups -OCH3 is 1.